The Balaban J connectivity index is 2.77. The second kappa shape index (κ2) is 7.98. The summed E-state index contributed by atoms with van der Waals surface area (Å²) >= 11 is 5.91. The van der Waals surface area contributed by atoms with E-state index in [4.69, 9.17) is 16.7 Å². The molecule has 4 nitrogen and oxygen atoms in total. The first-order chi connectivity index (χ1) is 9.79. The van der Waals surface area contributed by atoms with E-state index < -0.39 is 11.8 Å². The summed E-state index contributed by atoms with van der Waals surface area (Å²) in [6.07, 6.45) is -0.0684. The van der Waals surface area contributed by atoms with Crippen molar-refractivity contribution in [3.8, 4) is 0 Å². The molecule has 0 aliphatic carbocycles. The first kappa shape index (κ1) is 17.4. The summed E-state index contributed by atoms with van der Waals surface area (Å²) in [7, 11) is 0. The van der Waals surface area contributed by atoms with Crippen LogP contribution in [0.15, 0.2) is 18.2 Å². The number of hydrogen-bond donors (Lipinski definition) is 1. The molecule has 0 spiro atoms. The van der Waals surface area contributed by atoms with Gasteiger partial charge in [-0.05, 0) is 23.6 Å². The number of rotatable bonds is 7. The molecule has 0 atom stereocenters. The van der Waals surface area contributed by atoms with E-state index >= 15 is 0 Å². The molecule has 0 fully saturated rings. The average Bonchev–Trinajstić information content (AvgIpc) is 2.37. The van der Waals surface area contributed by atoms with E-state index in [1.54, 1.807) is 0 Å². The summed E-state index contributed by atoms with van der Waals surface area (Å²) in [5, 5.41) is 8.94. The lowest BCUT2D eigenvalue weighted by molar-refractivity contribution is -0.138. The molecule has 1 aromatic carbocycles. The summed E-state index contributed by atoms with van der Waals surface area (Å²) in [6, 6.07) is 3.88. The molecular formula is C15H19ClFNO3. The third-order valence-corrected chi connectivity index (χ3v) is 3.24. The topological polar surface area (TPSA) is 57.6 Å². The van der Waals surface area contributed by atoms with Crippen LogP contribution in [-0.2, 0) is 16.0 Å². The highest BCUT2D eigenvalue weighted by molar-refractivity contribution is 6.31. The molecule has 0 aliphatic rings. The maximum atomic E-state index is 13.0. The van der Waals surface area contributed by atoms with Crippen molar-refractivity contribution >= 4 is 23.5 Å². The van der Waals surface area contributed by atoms with E-state index in [1.165, 1.54) is 17.0 Å². The van der Waals surface area contributed by atoms with Crippen LogP contribution < -0.4 is 0 Å². The van der Waals surface area contributed by atoms with E-state index in [1.807, 2.05) is 13.8 Å². The number of aliphatic carboxylic acids is 1. The van der Waals surface area contributed by atoms with Crippen LogP contribution in [0, 0.1) is 11.7 Å². The Kier molecular flexibility index (Phi) is 6.62. The molecule has 0 radical (unpaired) electrons. The normalized spacial score (nSPS) is 10.7. The van der Waals surface area contributed by atoms with Gasteiger partial charge in [-0.1, -0.05) is 31.5 Å². The first-order valence-electron chi connectivity index (χ1n) is 6.73. The van der Waals surface area contributed by atoms with Gasteiger partial charge in [0.25, 0.3) is 0 Å². The Labute approximate surface area is 128 Å². The zero-order valence-corrected chi connectivity index (χ0v) is 12.9. The summed E-state index contributed by atoms with van der Waals surface area (Å²) in [5.41, 5.74) is 0.534. The van der Waals surface area contributed by atoms with E-state index in [2.05, 4.69) is 0 Å². The van der Waals surface area contributed by atoms with Gasteiger partial charge in [0.1, 0.15) is 5.82 Å². The van der Waals surface area contributed by atoms with Crippen molar-refractivity contribution < 1.29 is 19.1 Å². The van der Waals surface area contributed by atoms with Gasteiger partial charge in [0.05, 0.1) is 12.8 Å². The number of benzene rings is 1. The summed E-state index contributed by atoms with van der Waals surface area (Å²) in [5.74, 6) is -1.39. The Bertz CT molecular complexity index is 520. The van der Waals surface area contributed by atoms with Gasteiger partial charge in [0.15, 0.2) is 0 Å². The maximum Gasteiger partial charge on any atom is 0.305 e. The summed E-state index contributed by atoms with van der Waals surface area (Å²) in [6.45, 7) is 4.54. The van der Waals surface area contributed by atoms with Gasteiger partial charge in [-0.3, -0.25) is 9.59 Å². The van der Waals surface area contributed by atoms with E-state index in [9.17, 15) is 14.0 Å². The van der Waals surface area contributed by atoms with Crippen LogP contribution in [0.2, 0.25) is 5.02 Å². The smallest absolute Gasteiger partial charge is 0.305 e. The average molecular weight is 316 g/mol. The maximum absolute atomic E-state index is 13.0. The number of carbonyl (C=O) groups is 2. The number of carboxylic acids is 1. The van der Waals surface area contributed by atoms with E-state index in [-0.39, 0.29) is 36.2 Å². The second-order valence-corrected chi connectivity index (χ2v) is 5.70. The quantitative estimate of drug-likeness (QED) is 0.841. The highest BCUT2D eigenvalue weighted by Gasteiger charge is 2.17. The second-order valence-electron chi connectivity index (χ2n) is 5.29. The van der Waals surface area contributed by atoms with Gasteiger partial charge in [-0.25, -0.2) is 4.39 Å². The Morgan fingerprint density at radius 1 is 1.38 bits per heavy atom. The van der Waals surface area contributed by atoms with Gasteiger partial charge < -0.3 is 10.0 Å². The molecule has 1 rings (SSSR count). The number of amides is 1. The Hall–Kier alpha value is -1.62. The van der Waals surface area contributed by atoms with Gasteiger partial charge in [-0.15, -0.1) is 0 Å². The highest BCUT2D eigenvalue weighted by Crippen LogP contribution is 2.18. The molecule has 1 amide bonds. The number of nitrogens with zero attached hydrogens (tertiary/aromatic N) is 1. The van der Waals surface area contributed by atoms with Crippen LogP contribution in [0.25, 0.3) is 0 Å². The van der Waals surface area contributed by atoms with Crippen molar-refractivity contribution in [2.24, 2.45) is 5.92 Å². The minimum absolute atomic E-state index is 0.0332. The third-order valence-electron chi connectivity index (χ3n) is 2.89. The minimum atomic E-state index is -0.948. The lowest BCUT2D eigenvalue weighted by Gasteiger charge is -2.24. The zero-order chi connectivity index (χ0) is 16.0. The number of carbonyl (C=O) groups excluding carboxylic acids is 1. The van der Waals surface area contributed by atoms with E-state index in [0.717, 1.165) is 6.07 Å². The lowest BCUT2D eigenvalue weighted by Crippen LogP contribution is -2.37. The molecule has 6 heteroatoms. The monoisotopic (exact) mass is 315 g/mol. The third kappa shape index (κ3) is 6.12. The number of carboxylic acid groups (broad SMARTS) is 1. The lowest BCUT2D eigenvalue weighted by atomic mass is 10.1. The molecule has 21 heavy (non-hydrogen) atoms. The molecule has 116 valence electrons. The Morgan fingerprint density at radius 3 is 2.57 bits per heavy atom. The fourth-order valence-corrected chi connectivity index (χ4v) is 2.16. The van der Waals surface area contributed by atoms with Gasteiger partial charge in [0.2, 0.25) is 5.91 Å². The minimum Gasteiger partial charge on any atom is -0.481 e. The molecule has 0 aromatic heterocycles. The number of halogens is 2. The Morgan fingerprint density at radius 2 is 2.05 bits per heavy atom. The highest BCUT2D eigenvalue weighted by atomic mass is 35.5. The molecule has 0 heterocycles. The van der Waals surface area contributed by atoms with Crippen LogP contribution in [0.1, 0.15) is 25.8 Å². The largest absolute Gasteiger partial charge is 0.481 e. The van der Waals surface area contributed by atoms with Crippen LogP contribution in [0.3, 0.4) is 0 Å². The van der Waals surface area contributed by atoms with Gasteiger partial charge >= 0.3 is 5.97 Å². The fraction of sp³-hybridized carbons (Fsp3) is 0.467. The molecule has 0 aliphatic heterocycles. The zero-order valence-electron chi connectivity index (χ0n) is 12.1. The van der Waals surface area contributed by atoms with Crippen LogP contribution in [0.4, 0.5) is 4.39 Å². The van der Waals surface area contributed by atoms with Crippen molar-refractivity contribution in [1.82, 2.24) is 4.90 Å². The van der Waals surface area contributed by atoms with Crippen molar-refractivity contribution in [2.45, 2.75) is 26.7 Å². The molecule has 1 N–H and O–H groups in total. The van der Waals surface area contributed by atoms with Crippen molar-refractivity contribution in [2.75, 3.05) is 13.1 Å². The van der Waals surface area contributed by atoms with Crippen molar-refractivity contribution in [3.63, 3.8) is 0 Å². The molecule has 0 saturated carbocycles. The van der Waals surface area contributed by atoms with Gasteiger partial charge in [0, 0.05) is 18.1 Å². The molecule has 0 unspecified atom stereocenters. The summed E-state index contributed by atoms with van der Waals surface area (Å²) in [4.78, 5) is 24.5. The number of hydrogen-bond acceptors (Lipinski definition) is 2. The molecule has 1 aromatic rings. The summed E-state index contributed by atoms with van der Waals surface area (Å²) < 4.78 is 13.0. The molecular weight excluding hydrogens is 297 g/mol. The fourth-order valence-electron chi connectivity index (χ4n) is 1.93. The van der Waals surface area contributed by atoms with Crippen LogP contribution >= 0.6 is 11.6 Å². The molecule has 0 bridgehead atoms. The van der Waals surface area contributed by atoms with Crippen molar-refractivity contribution in [3.05, 3.63) is 34.6 Å². The van der Waals surface area contributed by atoms with Crippen LogP contribution in [-0.4, -0.2) is 35.0 Å². The van der Waals surface area contributed by atoms with Gasteiger partial charge in [-0.2, -0.15) is 0 Å². The SMILES string of the molecule is CC(C)CN(CCC(=O)O)C(=O)Cc1ccc(F)cc1Cl. The first-order valence-corrected chi connectivity index (χ1v) is 7.11. The predicted molar refractivity (Wildman–Crippen MR) is 78.8 cm³/mol. The predicted octanol–water partition coefficient (Wildman–Crippen LogP) is 2.98. The van der Waals surface area contributed by atoms with Crippen molar-refractivity contribution in [1.29, 1.82) is 0 Å². The molecule has 0 saturated heterocycles. The van der Waals surface area contributed by atoms with E-state index in [0.29, 0.717) is 12.1 Å². The standard InChI is InChI=1S/C15H19ClFNO3/c1-10(2)9-18(6-5-15(20)21)14(19)7-11-3-4-12(17)8-13(11)16/h3-4,8,10H,5-7,9H2,1-2H3,(H,20,21). The van der Waals surface area contributed by atoms with Crippen LogP contribution in [0.5, 0.6) is 0 Å².